The van der Waals surface area contributed by atoms with E-state index in [4.69, 9.17) is 14.4 Å². The minimum atomic E-state index is 0.681. The van der Waals surface area contributed by atoms with Crippen LogP contribution in [0.4, 0.5) is 0 Å². The molecule has 0 aliphatic rings. The van der Waals surface area contributed by atoms with Gasteiger partial charge < -0.3 is 8.98 Å². The van der Waals surface area contributed by atoms with Crippen molar-refractivity contribution in [3.05, 3.63) is 224 Å². The van der Waals surface area contributed by atoms with Crippen LogP contribution in [0.1, 0.15) is 0 Å². The highest BCUT2D eigenvalue weighted by Gasteiger charge is 2.19. The molecule has 290 valence electrons. The maximum absolute atomic E-state index is 6.59. The van der Waals surface area contributed by atoms with Crippen LogP contribution in [-0.4, -0.2) is 14.5 Å². The van der Waals surface area contributed by atoms with Crippen LogP contribution in [0.15, 0.2) is 229 Å². The molecule has 0 saturated heterocycles. The maximum atomic E-state index is 6.59. The molecule has 0 amide bonds. The van der Waals surface area contributed by atoms with Crippen molar-refractivity contribution in [1.82, 2.24) is 14.5 Å². The molecule has 0 atom stereocenters. The van der Waals surface area contributed by atoms with Crippen LogP contribution in [0.2, 0.25) is 0 Å². The number of fused-ring (bicyclic) bond motifs is 6. The fourth-order valence-electron chi connectivity index (χ4n) is 9.05. The highest BCUT2D eigenvalue weighted by Crippen LogP contribution is 2.41. The van der Waals surface area contributed by atoms with E-state index in [2.05, 4.69) is 187 Å². The van der Waals surface area contributed by atoms with Gasteiger partial charge in [-0.3, -0.25) is 0 Å². The summed E-state index contributed by atoms with van der Waals surface area (Å²) in [5.74, 6) is 0.681. The van der Waals surface area contributed by atoms with E-state index in [0.29, 0.717) is 5.82 Å². The second-order valence-electron chi connectivity index (χ2n) is 15.8. The number of benzene rings is 9. The Hall–Kier alpha value is -8.34. The molecule has 0 saturated carbocycles. The number of hydrogen-bond acceptors (Lipinski definition) is 3. The Morgan fingerprint density at radius 3 is 1.60 bits per heavy atom. The second kappa shape index (κ2) is 14.7. The lowest BCUT2D eigenvalue weighted by Gasteiger charge is -2.12. The molecule has 12 aromatic rings. The molecule has 0 aliphatic carbocycles. The zero-order valence-electron chi connectivity index (χ0n) is 33.6. The minimum absolute atomic E-state index is 0.681. The van der Waals surface area contributed by atoms with E-state index >= 15 is 0 Å². The Bertz CT molecular complexity index is 3490. The van der Waals surface area contributed by atoms with Crippen molar-refractivity contribution in [3.8, 4) is 73.0 Å². The molecule has 0 fully saturated rings. The summed E-state index contributed by atoms with van der Waals surface area (Å²) in [6.07, 6.45) is 0. The first-order valence-corrected chi connectivity index (χ1v) is 21.0. The summed E-state index contributed by atoms with van der Waals surface area (Å²) in [5, 5.41) is 4.46. The Labute approximate surface area is 358 Å². The van der Waals surface area contributed by atoms with Crippen molar-refractivity contribution >= 4 is 43.7 Å². The van der Waals surface area contributed by atoms with E-state index in [-0.39, 0.29) is 0 Å². The Morgan fingerprint density at radius 1 is 0.323 bits per heavy atom. The van der Waals surface area contributed by atoms with E-state index in [1.807, 2.05) is 42.5 Å². The van der Waals surface area contributed by atoms with Gasteiger partial charge in [0, 0.05) is 43.9 Å². The maximum Gasteiger partial charge on any atom is 0.160 e. The molecular weight excluding hydrogens is 755 g/mol. The van der Waals surface area contributed by atoms with E-state index in [1.165, 1.54) is 44.2 Å². The van der Waals surface area contributed by atoms with E-state index in [1.54, 1.807) is 0 Å². The number of hydrogen-bond donors (Lipinski definition) is 0. The van der Waals surface area contributed by atoms with Gasteiger partial charge in [0.1, 0.15) is 11.2 Å². The fourth-order valence-corrected chi connectivity index (χ4v) is 9.05. The molecule has 4 heteroatoms. The van der Waals surface area contributed by atoms with Gasteiger partial charge in [-0.15, -0.1) is 0 Å². The molecule has 12 rings (SSSR count). The third-order valence-corrected chi connectivity index (χ3v) is 12.0. The van der Waals surface area contributed by atoms with Gasteiger partial charge in [0.25, 0.3) is 0 Å². The summed E-state index contributed by atoms with van der Waals surface area (Å²) in [6.45, 7) is 0. The van der Waals surface area contributed by atoms with E-state index in [0.717, 1.165) is 66.7 Å². The summed E-state index contributed by atoms with van der Waals surface area (Å²) >= 11 is 0. The molecular formula is C58H37N3O. The monoisotopic (exact) mass is 791 g/mol. The number of aromatic nitrogens is 3. The van der Waals surface area contributed by atoms with Gasteiger partial charge in [-0.1, -0.05) is 158 Å². The normalized spacial score (nSPS) is 11.5. The van der Waals surface area contributed by atoms with Gasteiger partial charge in [0.05, 0.1) is 22.4 Å². The van der Waals surface area contributed by atoms with E-state index in [9.17, 15) is 0 Å². The highest BCUT2D eigenvalue weighted by atomic mass is 16.3. The standard InChI is InChI=1S/C58H37N3O/c1-5-16-38(17-6-1)43-32-44(39-18-7-2-8-19-39)34-45(33-43)42-28-30-54-49(35-42)47-24-13-14-26-53(47)61(54)46-29-31-55-50(36-46)57-48(25-15-27-56(57)62-55)52-37-51(40-20-9-3-10-21-40)59-58(60-52)41-22-11-4-12-23-41/h1-37H. The smallest absolute Gasteiger partial charge is 0.160 e. The van der Waals surface area contributed by atoms with Crippen LogP contribution in [0.3, 0.4) is 0 Å². The minimum Gasteiger partial charge on any atom is -0.456 e. The lowest BCUT2D eigenvalue weighted by molar-refractivity contribution is 0.669. The van der Waals surface area contributed by atoms with Gasteiger partial charge in [0.15, 0.2) is 5.82 Å². The first-order valence-electron chi connectivity index (χ1n) is 21.0. The molecule has 0 aliphatic heterocycles. The molecule has 0 N–H and O–H groups in total. The number of furan rings is 1. The van der Waals surface area contributed by atoms with Crippen LogP contribution >= 0.6 is 0 Å². The molecule has 3 heterocycles. The number of nitrogens with zero attached hydrogens (tertiary/aromatic N) is 3. The molecule has 4 nitrogen and oxygen atoms in total. The van der Waals surface area contributed by atoms with Gasteiger partial charge in [-0.05, 0) is 100 Å². The molecule has 0 radical (unpaired) electrons. The molecule has 9 aromatic carbocycles. The SMILES string of the molecule is c1ccc(-c2cc(-c3ccccc3)cc(-c3ccc4c(c3)c3ccccc3n4-c3ccc4oc5cccc(-c6cc(-c7ccccc7)nc(-c7ccccc7)n6)c5c4c3)c2)cc1. The molecule has 0 spiro atoms. The van der Waals surface area contributed by atoms with Crippen molar-refractivity contribution < 1.29 is 4.42 Å². The average Bonchev–Trinajstić information content (AvgIpc) is 3.90. The Morgan fingerprint density at radius 2 is 0.903 bits per heavy atom. The van der Waals surface area contributed by atoms with Crippen molar-refractivity contribution in [2.24, 2.45) is 0 Å². The summed E-state index contributed by atoms with van der Waals surface area (Å²) in [6, 6.07) is 79.3. The largest absolute Gasteiger partial charge is 0.456 e. The van der Waals surface area contributed by atoms with Gasteiger partial charge >= 0.3 is 0 Å². The summed E-state index contributed by atoms with van der Waals surface area (Å²) in [4.78, 5) is 10.3. The molecule has 0 bridgehead atoms. The zero-order chi connectivity index (χ0) is 41.0. The summed E-state index contributed by atoms with van der Waals surface area (Å²) < 4.78 is 8.97. The van der Waals surface area contributed by atoms with Gasteiger partial charge in [-0.25, -0.2) is 9.97 Å². The van der Waals surface area contributed by atoms with Crippen molar-refractivity contribution in [1.29, 1.82) is 0 Å². The second-order valence-corrected chi connectivity index (χ2v) is 15.8. The molecule has 3 aromatic heterocycles. The summed E-state index contributed by atoms with van der Waals surface area (Å²) in [7, 11) is 0. The average molecular weight is 792 g/mol. The first kappa shape index (κ1) is 35.6. The lowest BCUT2D eigenvalue weighted by atomic mass is 9.93. The third kappa shape index (κ3) is 6.16. The van der Waals surface area contributed by atoms with Crippen molar-refractivity contribution in [2.45, 2.75) is 0 Å². The first-order chi connectivity index (χ1) is 30.7. The zero-order valence-corrected chi connectivity index (χ0v) is 33.6. The van der Waals surface area contributed by atoms with Crippen LogP contribution in [-0.2, 0) is 0 Å². The molecule has 62 heavy (non-hydrogen) atoms. The highest BCUT2D eigenvalue weighted by molar-refractivity contribution is 6.14. The predicted octanol–water partition coefficient (Wildman–Crippen LogP) is 15.5. The van der Waals surface area contributed by atoms with Crippen LogP contribution < -0.4 is 0 Å². The Balaban J connectivity index is 1.03. The number of rotatable bonds is 7. The van der Waals surface area contributed by atoms with Crippen LogP contribution in [0, 0.1) is 0 Å². The topological polar surface area (TPSA) is 43.9 Å². The number of para-hydroxylation sites is 1. The van der Waals surface area contributed by atoms with Crippen LogP contribution in [0.25, 0.3) is 117 Å². The predicted molar refractivity (Wildman–Crippen MR) is 256 cm³/mol. The molecule has 0 unspecified atom stereocenters. The van der Waals surface area contributed by atoms with Crippen molar-refractivity contribution in [3.63, 3.8) is 0 Å². The van der Waals surface area contributed by atoms with Gasteiger partial charge in [0.2, 0.25) is 0 Å². The fraction of sp³-hybridized carbons (Fsp3) is 0. The Kier molecular flexibility index (Phi) is 8.46. The van der Waals surface area contributed by atoms with Gasteiger partial charge in [-0.2, -0.15) is 0 Å². The lowest BCUT2D eigenvalue weighted by Crippen LogP contribution is -1.96. The summed E-state index contributed by atoms with van der Waals surface area (Å²) in [5.41, 5.74) is 16.8. The third-order valence-electron chi connectivity index (χ3n) is 12.0. The van der Waals surface area contributed by atoms with Crippen molar-refractivity contribution in [2.75, 3.05) is 0 Å². The van der Waals surface area contributed by atoms with Crippen LogP contribution in [0.5, 0.6) is 0 Å². The quantitative estimate of drug-likeness (QED) is 0.161. The van der Waals surface area contributed by atoms with E-state index < -0.39 is 0 Å².